The van der Waals surface area contributed by atoms with Gasteiger partial charge in [0.15, 0.2) is 0 Å². The normalized spacial score (nSPS) is 18.5. The van der Waals surface area contributed by atoms with Gasteiger partial charge in [-0.3, -0.25) is 9.59 Å². The first-order valence-electron chi connectivity index (χ1n) is 6.02. The third-order valence-corrected chi connectivity index (χ3v) is 3.09. The Morgan fingerprint density at radius 1 is 1.47 bits per heavy atom. The summed E-state index contributed by atoms with van der Waals surface area (Å²) in [7, 11) is 0. The molecule has 0 aromatic heterocycles. The first kappa shape index (κ1) is 13.5. The molecule has 5 nitrogen and oxygen atoms in total. The predicted molar refractivity (Wildman–Crippen MR) is 67.0 cm³/mol. The number of nitrogens with zero attached hydrogens (tertiary/aromatic N) is 1. The lowest BCUT2D eigenvalue weighted by Crippen LogP contribution is -2.38. The van der Waals surface area contributed by atoms with Gasteiger partial charge in [0.05, 0.1) is 6.10 Å². The van der Waals surface area contributed by atoms with Gasteiger partial charge in [-0.15, -0.1) is 0 Å². The minimum absolute atomic E-state index is 0.161. The van der Waals surface area contributed by atoms with Crippen LogP contribution in [0.1, 0.15) is 12.0 Å². The number of anilines is 1. The second-order valence-corrected chi connectivity index (χ2v) is 4.61. The summed E-state index contributed by atoms with van der Waals surface area (Å²) in [6.45, 7) is 2.23. The fraction of sp³-hybridized carbons (Fsp3) is 0.385. The fourth-order valence-corrected chi connectivity index (χ4v) is 1.97. The summed E-state index contributed by atoms with van der Waals surface area (Å²) in [6.07, 6.45) is -0.106. The Morgan fingerprint density at radius 3 is 2.84 bits per heavy atom. The number of aliphatic hydroxyl groups is 1. The van der Waals surface area contributed by atoms with Crippen molar-refractivity contribution in [3.05, 3.63) is 29.6 Å². The smallest absolute Gasteiger partial charge is 0.313 e. The molecule has 2 N–H and O–H groups in total. The van der Waals surface area contributed by atoms with E-state index in [1.165, 1.54) is 23.1 Å². The van der Waals surface area contributed by atoms with Crippen LogP contribution in [-0.4, -0.2) is 41.0 Å². The molecule has 1 aromatic rings. The molecule has 1 aliphatic heterocycles. The van der Waals surface area contributed by atoms with Crippen molar-refractivity contribution in [3.8, 4) is 0 Å². The Labute approximate surface area is 110 Å². The van der Waals surface area contributed by atoms with Crippen molar-refractivity contribution in [1.82, 2.24) is 4.90 Å². The van der Waals surface area contributed by atoms with E-state index in [9.17, 15) is 19.1 Å². The molecule has 0 aliphatic carbocycles. The van der Waals surface area contributed by atoms with E-state index in [1.54, 1.807) is 6.92 Å². The summed E-state index contributed by atoms with van der Waals surface area (Å²) in [5.41, 5.74) is 0.946. The second-order valence-electron chi connectivity index (χ2n) is 4.61. The summed E-state index contributed by atoms with van der Waals surface area (Å²) in [5.74, 6) is -2.01. The van der Waals surface area contributed by atoms with Crippen molar-refractivity contribution < 1.29 is 19.1 Å². The summed E-state index contributed by atoms with van der Waals surface area (Å²) >= 11 is 0. The number of hydrogen-bond acceptors (Lipinski definition) is 3. The van der Waals surface area contributed by atoms with Gasteiger partial charge in [-0.1, -0.05) is 6.07 Å². The lowest BCUT2D eigenvalue weighted by atomic mass is 10.2. The fourth-order valence-electron chi connectivity index (χ4n) is 1.97. The molecule has 0 spiro atoms. The minimum Gasteiger partial charge on any atom is -0.391 e. The van der Waals surface area contributed by atoms with Crippen molar-refractivity contribution in [2.45, 2.75) is 19.4 Å². The van der Waals surface area contributed by atoms with Gasteiger partial charge in [0, 0.05) is 18.8 Å². The number of amides is 2. The van der Waals surface area contributed by atoms with Crippen molar-refractivity contribution in [2.75, 3.05) is 18.4 Å². The zero-order valence-corrected chi connectivity index (χ0v) is 10.5. The summed E-state index contributed by atoms with van der Waals surface area (Å²) in [4.78, 5) is 24.9. The molecule has 2 rings (SSSR count). The van der Waals surface area contributed by atoms with Gasteiger partial charge in [-0.25, -0.2) is 4.39 Å². The Hall–Kier alpha value is -1.95. The summed E-state index contributed by atoms with van der Waals surface area (Å²) in [5, 5.41) is 11.7. The van der Waals surface area contributed by atoms with E-state index >= 15 is 0 Å². The second kappa shape index (κ2) is 5.36. The van der Waals surface area contributed by atoms with E-state index in [-0.39, 0.29) is 12.2 Å². The van der Waals surface area contributed by atoms with Gasteiger partial charge < -0.3 is 15.3 Å². The van der Waals surface area contributed by atoms with Gasteiger partial charge in [0.1, 0.15) is 5.82 Å². The lowest BCUT2D eigenvalue weighted by molar-refractivity contribution is -0.142. The number of aliphatic hydroxyl groups excluding tert-OH is 1. The van der Waals surface area contributed by atoms with Crippen LogP contribution in [0.4, 0.5) is 10.1 Å². The molecule has 102 valence electrons. The van der Waals surface area contributed by atoms with Gasteiger partial charge >= 0.3 is 11.8 Å². The van der Waals surface area contributed by atoms with Gasteiger partial charge in [0.2, 0.25) is 0 Å². The first-order valence-corrected chi connectivity index (χ1v) is 6.02. The highest BCUT2D eigenvalue weighted by molar-refractivity contribution is 6.39. The van der Waals surface area contributed by atoms with Crippen LogP contribution in [-0.2, 0) is 9.59 Å². The Bertz CT molecular complexity index is 519. The zero-order valence-electron chi connectivity index (χ0n) is 10.5. The number of nitrogens with one attached hydrogen (secondary N) is 1. The SMILES string of the molecule is Cc1ccc(F)cc1NC(=O)C(=O)N1CC[C@@H](O)C1. The maximum atomic E-state index is 13.1. The van der Waals surface area contributed by atoms with E-state index in [1.807, 2.05) is 0 Å². The van der Waals surface area contributed by atoms with Gasteiger partial charge in [0.25, 0.3) is 0 Å². The molecular formula is C13H15FN2O3. The third-order valence-electron chi connectivity index (χ3n) is 3.09. The van der Waals surface area contributed by atoms with Crippen molar-refractivity contribution in [2.24, 2.45) is 0 Å². The van der Waals surface area contributed by atoms with Crippen LogP contribution in [0.5, 0.6) is 0 Å². The molecular weight excluding hydrogens is 251 g/mol. The van der Waals surface area contributed by atoms with Gasteiger partial charge in [-0.2, -0.15) is 0 Å². The average molecular weight is 266 g/mol. The molecule has 1 fully saturated rings. The number of β-amino-alcohol motifs (C(OH)–C–C–N with tert-alkyl or cyclic N) is 1. The number of hydrogen-bond donors (Lipinski definition) is 2. The molecule has 0 unspecified atom stereocenters. The third kappa shape index (κ3) is 3.08. The maximum absolute atomic E-state index is 13.1. The molecule has 6 heteroatoms. The summed E-state index contributed by atoms with van der Waals surface area (Å²) < 4.78 is 13.1. The Balaban J connectivity index is 2.04. The van der Waals surface area contributed by atoms with Crippen molar-refractivity contribution in [3.63, 3.8) is 0 Å². The largest absolute Gasteiger partial charge is 0.391 e. The molecule has 0 saturated carbocycles. The number of carbonyl (C=O) groups excluding carboxylic acids is 2. The lowest BCUT2D eigenvalue weighted by Gasteiger charge is -2.15. The van der Waals surface area contributed by atoms with Crippen molar-refractivity contribution >= 4 is 17.5 Å². The molecule has 1 aromatic carbocycles. The highest BCUT2D eigenvalue weighted by Crippen LogP contribution is 2.16. The van der Waals surface area contributed by atoms with E-state index in [0.717, 1.165) is 0 Å². The van der Waals surface area contributed by atoms with E-state index in [4.69, 9.17) is 0 Å². The number of benzene rings is 1. The first-order chi connectivity index (χ1) is 8.97. The Morgan fingerprint density at radius 2 is 2.21 bits per heavy atom. The van der Waals surface area contributed by atoms with Crippen molar-refractivity contribution in [1.29, 1.82) is 0 Å². The van der Waals surface area contributed by atoms with Crippen LogP contribution in [0.25, 0.3) is 0 Å². The van der Waals surface area contributed by atoms with Crippen LogP contribution in [0, 0.1) is 12.7 Å². The predicted octanol–water partition coefficient (Wildman–Crippen LogP) is 0.666. The molecule has 1 heterocycles. The topological polar surface area (TPSA) is 69.6 Å². The number of aryl methyl sites for hydroxylation is 1. The number of rotatable bonds is 1. The molecule has 1 saturated heterocycles. The average Bonchev–Trinajstić information content (AvgIpc) is 2.79. The van der Waals surface area contributed by atoms with Crippen LogP contribution in [0.15, 0.2) is 18.2 Å². The van der Waals surface area contributed by atoms with Crippen LogP contribution >= 0.6 is 0 Å². The van der Waals surface area contributed by atoms with E-state index in [0.29, 0.717) is 18.5 Å². The number of likely N-dealkylation sites (tertiary alicyclic amines) is 1. The standard InChI is InChI=1S/C13H15FN2O3/c1-8-2-3-9(14)6-11(8)15-12(18)13(19)16-5-4-10(17)7-16/h2-3,6,10,17H,4-5,7H2,1H3,(H,15,18)/t10-/m1/s1. The molecule has 19 heavy (non-hydrogen) atoms. The number of carbonyl (C=O) groups is 2. The molecule has 0 radical (unpaired) electrons. The highest BCUT2D eigenvalue weighted by atomic mass is 19.1. The van der Waals surface area contributed by atoms with Crippen LogP contribution in [0.2, 0.25) is 0 Å². The molecule has 0 bridgehead atoms. The summed E-state index contributed by atoms with van der Waals surface area (Å²) in [6, 6.07) is 3.97. The minimum atomic E-state index is -0.817. The monoisotopic (exact) mass is 266 g/mol. The number of halogens is 1. The molecule has 1 atom stereocenters. The molecule has 2 amide bonds. The van der Waals surface area contributed by atoms with Gasteiger partial charge in [-0.05, 0) is 31.0 Å². The quantitative estimate of drug-likeness (QED) is 0.734. The Kier molecular flexibility index (Phi) is 3.80. The van der Waals surface area contributed by atoms with Crippen LogP contribution in [0.3, 0.4) is 0 Å². The maximum Gasteiger partial charge on any atom is 0.313 e. The van der Waals surface area contributed by atoms with E-state index in [2.05, 4.69) is 5.32 Å². The van der Waals surface area contributed by atoms with Crippen LogP contribution < -0.4 is 5.32 Å². The highest BCUT2D eigenvalue weighted by Gasteiger charge is 2.29. The van der Waals surface area contributed by atoms with E-state index < -0.39 is 23.7 Å². The zero-order chi connectivity index (χ0) is 14.0. The molecule has 1 aliphatic rings.